The van der Waals surface area contributed by atoms with Crippen molar-refractivity contribution in [3.8, 4) is 11.5 Å². The van der Waals surface area contributed by atoms with Crippen LogP contribution in [0, 0.1) is 0 Å². The molecule has 150 valence electrons. The van der Waals surface area contributed by atoms with E-state index in [4.69, 9.17) is 14.6 Å². The van der Waals surface area contributed by atoms with E-state index in [9.17, 15) is 14.4 Å². The SMILES string of the molecule is COc1cc(/C=C2\NC(=O)N(Cc3ccccc3)C2=O)ccc1O[C@@H](C)C(=O)O. The number of carbonyl (C=O) groups excluding carboxylic acids is 2. The number of urea groups is 1. The van der Waals surface area contributed by atoms with E-state index in [1.807, 2.05) is 30.3 Å². The van der Waals surface area contributed by atoms with Gasteiger partial charge in [-0.3, -0.25) is 9.69 Å². The van der Waals surface area contributed by atoms with Crippen LogP contribution < -0.4 is 14.8 Å². The number of methoxy groups -OCH3 is 1. The number of imide groups is 1. The average molecular weight is 396 g/mol. The van der Waals surface area contributed by atoms with Crippen LogP contribution >= 0.6 is 0 Å². The molecule has 1 aliphatic heterocycles. The number of hydrogen-bond acceptors (Lipinski definition) is 5. The Morgan fingerprint density at radius 2 is 1.90 bits per heavy atom. The molecule has 1 heterocycles. The highest BCUT2D eigenvalue weighted by molar-refractivity contribution is 6.13. The summed E-state index contributed by atoms with van der Waals surface area (Å²) >= 11 is 0. The lowest BCUT2D eigenvalue weighted by atomic mass is 10.1. The van der Waals surface area contributed by atoms with Crippen LogP contribution in [0.1, 0.15) is 18.1 Å². The molecule has 0 radical (unpaired) electrons. The minimum atomic E-state index is -1.10. The van der Waals surface area contributed by atoms with Gasteiger partial charge in [0.1, 0.15) is 5.70 Å². The molecule has 0 aliphatic carbocycles. The Bertz CT molecular complexity index is 970. The largest absolute Gasteiger partial charge is 0.493 e. The van der Waals surface area contributed by atoms with Crippen molar-refractivity contribution in [1.82, 2.24) is 10.2 Å². The van der Waals surface area contributed by atoms with Crippen LogP contribution in [0.25, 0.3) is 6.08 Å². The molecule has 2 aromatic rings. The highest BCUT2D eigenvalue weighted by atomic mass is 16.5. The van der Waals surface area contributed by atoms with Gasteiger partial charge < -0.3 is 19.9 Å². The van der Waals surface area contributed by atoms with Crippen LogP contribution in [-0.4, -0.2) is 41.1 Å². The molecule has 3 rings (SSSR count). The lowest BCUT2D eigenvalue weighted by Crippen LogP contribution is -2.30. The number of nitrogens with zero attached hydrogens (tertiary/aromatic N) is 1. The molecule has 1 atom stereocenters. The first-order chi connectivity index (χ1) is 13.9. The molecule has 1 fully saturated rings. The molecule has 8 heteroatoms. The van der Waals surface area contributed by atoms with Crippen molar-refractivity contribution >= 4 is 24.0 Å². The number of benzene rings is 2. The first-order valence-corrected chi connectivity index (χ1v) is 8.85. The fourth-order valence-corrected chi connectivity index (χ4v) is 2.76. The molecule has 0 spiro atoms. The Morgan fingerprint density at radius 1 is 1.17 bits per heavy atom. The summed E-state index contributed by atoms with van der Waals surface area (Å²) in [6, 6.07) is 13.5. The second-order valence-electron chi connectivity index (χ2n) is 6.37. The Morgan fingerprint density at radius 3 is 2.55 bits per heavy atom. The highest BCUT2D eigenvalue weighted by Gasteiger charge is 2.33. The lowest BCUT2D eigenvalue weighted by Gasteiger charge is -2.14. The van der Waals surface area contributed by atoms with Crippen LogP contribution in [-0.2, 0) is 16.1 Å². The van der Waals surface area contributed by atoms with Gasteiger partial charge in [-0.1, -0.05) is 36.4 Å². The van der Waals surface area contributed by atoms with Gasteiger partial charge in [-0.25, -0.2) is 9.59 Å². The predicted molar refractivity (Wildman–Crippen MR) is 104 cm³/mol. The first-order valence-electron chi connectivity index (χ1n) is 8.85. The van der Waals surface area contributed by atoms with Crippen LogP contribution in [0.4, 0.5) is 4.79 Å². The number of carboxylic acid groups (broad SMARTS) is 1. The molecule has 29 heavy (non-hydrogen) atoms. The van der Waals surface area contributed by atoms with E-state index in [0.717, 1.165) is 10.5 Å². The fourth-order valence-electron chi connectivity index (χ4n) is 2.76. The number of carboxylic acids is 1. The third-order valence-corrected chi connectivity index (χ3v) is 4.30. The smallest absolute Gasteiger partial charge is 0.344 e. The molecule has 0 unspecified atom stereocenters. The molecule has 0 saturated carbocycles. The van der Waals surface area contributed by atoms with E-state index in [1.54, 1.807) is 18.2 Å². The van der Waals surface area contributed by atoms with Crippen LogP contribution in [0.5, 0.6) is 11.5 Å². The normalized spacial score (nSPS) is 15.9. The number of amides is 3. The summed E-state index contributed by atoms with van der Waals surface area (Å²) in [5.74, 6) is -0.962. The van der Waals surface area contributed by atoms with E-state index >= 15 is 0 Å². The van der Waals surface area contributed by atoms with E-state index in [1.165, 1.54) is 20.1 Å². The van der Waals surface area contributed by atoms with Gasteiger partial charge in [0.15, 0.2) is 17.6 Å². The molecule has 1 aliphatic rings. The van der Waals surface area contributed by atoms with E-state index in [2.05, 4.69) is 5.32 Å². The lowest BCUT2D eigenvalue weighted by molar-refractivity contribution is -0.144. The van der Waals surface area contributed by atoms with Crippen molar-refractivity contribution in [3.63, 3.8) is 0 Å². The number of aliphatic carboxylic acids is 1. The number of carbonyl (C=O) groups is 3. The fraction of sp³-hybridized carbons (Fsp3) is 0.190. The third kappa shape index (κ3) is 4.55. The molecule has 0 bridgehead atoms. The predicted octanol–water partition coefficient (Wildman–Crippen LogP) is 2.64. The van der Waals surface area contributed by atoms with Crippen LogP contribution in [0.2, 0.25) is 0 Å². The zero-order valence-corrected chi connectivity index (χ0v) is 15.9. The van der Waals surface area contributed by atoms with Crippen LogP contribution in [0.3, 0.4) is 0 Å². The number of ether oxygens (including phenoxy) is 2. The van der Waals surface area contributed by atoms with Gasteiger partial charge in [-0.2, -0.15) is 0 Å². The molecule has 2 aromatic carbocycles. The summed E-state index contributed by atoms with van der Waals surface area (Å²) in [7, 11) is 1.43. The zero-order valence-electron chi connectivity index (χ0n) is 15.9. The van der Waals surface area contributed by atoms with Gasteiger partial charge in [-0.05, 0) is 36.3 Å². The van der Waals surface area contributed by atoms with Gasteiger partial charge >= 0.3 is 12.0 Å². The van der Waals surface area contributed by atoms with E-state index in [0.29, 0.717) is 11.3 Å². The van der Waals surface area contributed by atoms with Crippen molar-refractivity contribution < 1.29 is 29.0 Å². The minimum absolute atomic E-state index is 0.139. The van der Waals surface area contributed by atoms with Crippen molar-refractivity contribution in [2.45, 2.75) is 19.6 Å². The third-order valence-electron chi connectivity index (χ3n) is 4.30. The second-order valence-corrected chi connectivity index (χ2v) is 6.37. The highest BCUT2D eigenvalue weighted by Crippen LogP contribution is 2.30. The monoisotopic (exact) mass is 396 g/mol. The number of hydrogen-bond donors (Lipinski definition) is 2. The Balaban J connectivity index is 1.80. The summed E-state index contributed by atoms with van der Waals surface area (Å²) in [6.45, 7) is 1.58. The average Bonchev–Trinajstić information content (AvgIpc) is 2.97. The Labute approximate surface area is 167 Å². The summed E-state index contributed by atoms with van der Waals surface area (Å²) in [6.07, 6.45) is 0.480. The van der Waals surface area contributed by atoms with Gasteiger partial charge in [0.25, 0.3) is 5.91 Å². The molecule has 0 aromatic heterocycles. The topological polar surface area (TPSA) is 105 Å². The van der Waals surface area contributed by atoms with E-state index in [-0.39, 0.29) is 18.0 Å². The van der Waals surface area contributed by atoms with Crippen molar-refractivity contribution in [2.24, 2.45) is 0 Å². The first kappa shape index (κ1) is 19.9. The van der Waals surface area contributed by atoms with Crippen molar-refractivity contribution in [3.05, 3.63) is 65.4 Å². The maximum Gasteiger partial charge on any atom is 0.344 e. The Kier molecular flexibility index (Phi) is 5.82. The van der Waals surface area contributed by atoms with Gasteiger partial charge in [0, 0.05) is 0 Å². The van der Waals surface area contributed by atoms with Gasteiger partial charge in [0.2, 0.25) is 0 Å². The Hall–Kier alpha value is -3.81. The maximum absolute atomic E-state index is 12.6. The minimum Gasteiger partial charge on any atom is -0.493 e. The van der Waals surface area contributed by atoms with Crippen molar-refractivity contribution in [2.75, 3.05) is 7.11 Å². The molecule has 3 amide bonds. The zero-order chi connectivity index (χ0) is 21.0. The maximum atomic E-state index is 12.6. The second kappa shape index (κ2) is 8.47. The van der Waals surface area contributed by atoms with Gasteiger partial charge in [0.05, 0.1) is 13.7 Å². The van der Waals surface area contributed by atoms with E-state index < -0.39 is 24.0 Å². The molecular weight excluding hydrogens is 376 g/mol. The summed E-state index contributed by atoms with van der Waals surface area (Å²) in [5.41, 5.74) is 1.57. The molecule has 8 nitrogen and oxygen atoms in total. The standard InChI is InChI=1S/C21H20N2O6/c1-13(20(25)26)29-17-9-8-15(11-18(17)28-2)10-16-19(24)23(21(27)22-16)12-14-6-4-3-5-7-14/h3-11,13H,12H2,1-2H3,(H,22,27)(H,25,26)/b16-10-/t13-/m0/s1. The number of rotatable bonds is 7. The summed E-state index contributed by atoms with van der Waals surface area (Å²) < 4.78 is 10.6. The molecular formula is C21H20N2O6. The molecule has 2 N–H and O–H groups in total. The quantitative estimate of drug-likeness (QED) is 0.551. The van der Waals surface area contributed by atoms with Crippen LogP contribution in [0.15, 0.2) is 54.2 Å². The van der Waals surface area contributed by atoms with Crippen molar-refractivity contribution in [1.29, 1.82) is 0 Å². The number of nitrogens with one attached hydrogen (secondary N) is 1. The molecule has 1 saturated heterocycles. The summed E-state index contributed by atoms with van der Waals surface area (Å²) in [5, 5.41) is 11.5. The van der Waals surface area contributed by atoms with Gasteiger partial charge in [-0.15, -0.1) is 0 Å². The summed E-state index contributed by atoms with van der Waals surface area (Å²) in [4.78, 5) is 36.9.